The largest absolute Gasteiger partial charge is 0.486 e. The molecule has 2 N–H and O–H groups in total. The first-order valence-electron chi connectivity index (χ1n) is 14.5. The number of fused-ring (bicyclic) bond motifs is 2. The van der Waals surface area contributed by atoms with E-state index in [1.807, 2.05) is 25.1 Å². The number of halogens is 1. The van der Waals surface area contributed by atoms with E-state index in [1.165, 1.54) is 18.2 Å². The molecular formula is C33H34FN5O4. The van der Waals surface area contributed by atoms with Crippen LogP contribution in [-0.4, -0.2) is 72.0 Å². The van der Waals surface area contributed by atoms with Crippen LogP contribution in [0, 0.1) is 5.82 Å². The monoisotopic (exact) mass is 583 g/mol. The van der Waals surface area contributed by atoms with Crippen LogP contribution in [0.25, 0.3) is 10.9 Å². The molecule has 0 aliphatic carbocycles. The van der Waals surface area contributed by atoms with Gasteiger partial charge in [-0.2, -0.15) is 0 Å². The van der Waals surface area contributed by atoms with E-state index in [-0.39, 0.29) is 11.8 Å². The van der Waals surface area contributed by atoms with Crippen molar-refractivity contribution in [1.29, 1.82) is 0 Å². The average molecular weight is 584 g/mol. The Labute approximate surface area is 249 Å². The summed E-state index contributed by atoms with van der Waals surface area (Å²) in [6.07, 6.45) is -0.123. The van der Waals surface area contributed by atoms with E-state index in [0.717, 1.165) is 55.9 Å². The van der Waals surface area contributed by atoms with Gasteiger partial charge in [-0.05, 0) is 74.1 Å². The van der Waals surface area contributed by atoms with E-state index < -0.39 is 17.6 Å². The molecule has 1 aromatic heterocycles. The smallest absolute Gasteiger partial charge is 0.255 e. The number of amides is 2. The minimum Gasteiger partial charge on any atom is -0.486 e. The van der Waals surface area contributed by atoms with Crippen LogP contribution < -0.4 is 20.1 Å². The topological polar surface area (TPSA) is 96.0 Å². The van der Waals surface area contributed by atoms with Gasteiger partial charge in [0.15, 0.2) is 11.5 Å². The summed E-state index contributed by atoms with van der Waals surface area (Å²) < 4.78 is 26.1. The van der Waals surface area contributed by atoms with Gasteiger partial charge in [0, 0.05) is 54.9 Å². The van der Waals surface area contributed by atoms with Gasteiger partial charge < -0.3 is 25.0 Å². The molecule has 2 aliphatic heterocycles. The second kappa shape index (κ2) is 12.4. The normalized spacial score (nSPS) is 17.0. The predicted molar refractivity (Wildman–Crippen MR) is 163 cm³/mol. The number of aromatic nitrogens is 1. The standard InChI is InChI=1S/C33H34FN5O4/c1-3-38-12-14-39(15-13-38)19-26-7-4-22-16-23(5-10-28(22)35-26)33(41)37-29-18-25(8-9-27(29)34)36-32(40)24-6-11-30-31(17-24)43-21(2)20-42-30/h4-11,16-18,21H,3,12-15,19-20H2,1-2H3,(H,36,40)(H,37,41). The lowest BCUT2D eigenvalue weighted by atomic mass is 10.1. The zero-order valence-corrected chi connectivity index (χ0v) is 24.2. The number of carbonyl (C=O) groups is 2. The van der Waals surface area contributed by atoms with Gasteiger partial charge in [0.25, 0.3) is 11.8 Å². The van der Waals surface area contributed by atoms with Crippen molar-refractivity contribution in [2.45, 2.75) is 26.5 Å². The summed E-state index contributed by atoms with van der Waals surface area (Å²) in [5.41, 5.74) is 2.80. The highest BCUT2D eigenvalue weighted by Gasteiger charge is 2.20. The van der Waals surface area contributed by atoms with Gasteiger partial charge >= 0.3 is 0 Å². The molecule has 0 radical (unpaired) electrons. The molecule has 2 aliphatic rings. The first-order valence-corrected chi connectivity index (χ1v) is 14.5. The fraction of sp³-hybridized carbons (Fsp3) is 0.303. The van der Waals surface area contributed by atoms with Crippen LogP contribution in [0.1, 0.15) is 40.3 Å². The maximum absolute atomic E-state index is 14.7. The number of nitrogens with zero attached hydrogens (tertiary/aromatic N) is 3. The number of pyridine rings is 1. The molecule has 1 fully saturated rings. The molecule has 222 valence electrons. The highest BCUT2D eigenvalue weighted by molar-refractivity contribution is 6.07. The maximum atomic E-state index is 14.7. The van der Waals surface area contributed by atoms with E-state index >= 15 is 0 Å². The lowest BCUT2D eigenvalue weighted by Gasteiger charge is -2.33. The molecule has 0 spiro atoms. The summed E-state index contributed by atoms with van der Waals surface area (Å²) >= 11 is 0. The van der Waals surface area contributed by atoms with Crippen molar-refractivity contribution in [2.24, 2.45) is 0 Å². The Kier molecular flexibility index (Phi) is 8.22. The number of anilines is 2. The second-order valence-electron chi connectivity index (χ2n) is 10.9. The Morgan fingerprint density at radius 2 is 1.63 bits per heavy atom. The van der Waals surface area contributed by atoms with Crippen LogP contribution in [0.15, 0.2) is 66.7 Å². The third-order valence-corrected chi connectivity index (χ3v) is 7.79. The number of ether oxygens (including phenoxy) is 2. The molecular weight excluding hydrogens is 549 g/mol. The van der Waals surface area contributed by atoms with E-state index in [0.29, 0.717) is 34.9 Å². The van der Waals surface area contributed by atoms with Crippen molar-refractivity contribution in [2.75, 3.05) is 50.0 Å². The van der Waals surface area contributed by atoms with Crippen molar-refractivity contribution in [3.8, 4) is 11.5 Å². The first kappa shape index (κ1) is 28.6. The van der Waals surface area contributed by atoms with Gasteiger partial charge in [-0.1, -0.05) is 13.0 Å². The van der Waals surface area contributed by atoms with Gasteiger partial charge in [-0.15, -0.1) is 0 Å². The lowest BCUT2D eigenvalue weighted by Crippen LogP contribution is -2.45. The summed E-state index contributed by atoms with van der Waals surface area (Å²) in [5, 5.41) is 6.21. The van der Waals surface area contributed by atoms with Gasteiger partial charge in [0.1, 0.15) is 18.5 Å². The number of hydrogen-bond donors (Lipinski definition) is 2. The summed E-state index contributed by atoms with van der Waals surface area (Å²) in [6.45, 7) is 10.5. The predicted octanol–water partition coefficient (Wildman–Crippen LogP) is 5.18. The van der Waals surface area contributed by atoms with Crippen LogP contribution in [0.2, 0.25) is 0 Å². The zero-order chi connectivity index (χ0) is 29.9. The lowest BCUT2D eigenvalue weighted by molar-refractivity contribution is 0.0998. The highest BCUT2D eigenvalue weighted by atomic mass is 19.1. The summed E-state index contributed by atoms with van der Waals surface area (Å²) in [6, 6.07) is 18.1. The van der Waals surface area contributed by atoms with Gasteiger partial charge in [-0.3, -0.25) is 19.5 Å². The van der Waals surface area contributed by atoms with Gasteiger partial charge in [-0.25, -0.2) is 4.39 Å². The number of rotatable bonds is 7. The fourth-order valence-corrected chi connectivity index (χ4v) is 5.30. The molecule has 0 saturated carbocycles. The number of likely N-dealkylation sites (N-methyl/N-ethyl adjacent to an activating group) is 1. The van der Waals surface area contributed by atoms with Gasteiger partial charge in [0.05, 0.1) is 16.9 Å². The molecule has 4 aromatic rings. The number of hydrogen-bond acceptors (Lipinski definition) is 7. The van der Waals surface area contributed by atoms with Crippen LogP contribution in [-0.2, 0) is 6.54 Å². The Morgan fingerprint density at radius 1 is 0.884 bits per heavy atom. The summed E-state index contributed by atoms with van der Waals surface area (Å²) in [5.74, 6) is -0.425. The molecule has 1 atom stereocenters. The Balaban J connectivity index is 1.11. The van der Waals surface area contributed by atoms with E-state index in [1.54, 1.807) is 30.3 Å². The van der Waals surface area contributed by atoms with Crippen molar-refractivity contribution >= 4 is 34.1 Å². The minimum atomic E-state index is -0.619. The summed E-state index contributed by atoms with van der Waals surface area (Å²) in [4.78, 5) is 35.6. The van der Waals surface area contributed by atoms with Crippen molar-refractivity contribution in [3.63, 3.8) is 0 Å². The third kappa shape index (κ3) is 6.60. The van der Waals surface area contributed by atoms with Gasteiger partial charge in [0.2, 0.25) is 0 Å². The average Bonchev–Trinajstić information content (AvgIpc) is 3.02. The molecule has 43 heavy (non-hydrogen) atoms. The quantitative estimate of drug-likeness (QED) is 0.310. The Hall–Kier alpha value is -4.54. The zero-order valence-electron chi connectivity index (χ0n) is 24.2. The Bertz CT molecular complexity index is 1670. The third-order valence-electron chi connectivity index (χ3n) is 7.79. The summed E-state index contributed by atoms with van der Waals surface area (Å²) in [7, 11) is 0. The molecule has 3 heterocycles. The maximum Gasteiger partial charge on any atom is 0.255 e. The van der Waals surface area contributed by atoms with Crippen molar-refractivity contribution in [1.82, 2.24) is 14.8 Å². The van der Waals surface area contributed by atoms with Crippen LogP contribution in [0.5, 0.6) is 11.5 Å². The molecule has 1 unspecified atom stereocenters. The molecule has 10 heteroatoms. The van der Waals surface area contributed by atoms with Crippen molar-refractivity contribution in [3.05, 3.63) is 89.4 Å². The van der Waals surface area contributed by atoms with Crippen molar-refractivity contribution < 1.29 is 23.5 Å². The van der Waals surface area contributed by atoms with E-state index in [9.17, 15) is 14.0 Å². The molecule has 6 rings (SSSR count). The Morgan fingerprint density at radius 3 is 2.44 bits per heavy atom. The molecule has 1 saturated heterocycles. The fourth-order valence-electron chi connectivity index (χ4n) is 5.30. The number of benzene rings is 3. The van der Waals surface area contributed by atoms with E-state index in [2.05, 4.69) is 27.4 Å². The van der Waals surface area contributed by atoms with E-state index in [4.69, 9.17) is 14.5 Å². The first-order chi connectivity index (χ1) is 20.8. The number of nitrogens with one attached hydrogen (secondary N) is 2. The second-order valence-corrected chi connectivity index (χ2v) is 10.9. The number of carbonyl (C=O) groups excluding carboxylic acids is 2. The molecule has 3 aromatic carbocycles. The number of piperazine rings is 1. The van der Waals surface area contributed by atoms with Crippen LogP contribution in [0.3, 0.4) is 0 Å². The van der Waals surface area contributed by atoms with Crippen LogP contribution in [0.4, 0.5) is 15.8 Å². The molecule has 2 amide bonds. The molecule has 0 bridgehead atoms. The minimum absolute atomic E-state index is 0.0458. The molecule has 9 nitrogen and oxygen atoms in total. The highest BCUT2D eigenvalue weighted by Crippen LogP contribution is 2.33. The van der Waals surface area contributed by atoms with Crippen LogP contribution >= 0.6 is 0 Å². The SMILES string of the molecule is CCN1CCN(Cc2ccc3cc(C(=O)Nc4cc(NC(=O)c5ccc6c(c5)OC(C)CO6)ccc4F)ccc3n2)CC1.